The largest absolute Gasteiger partial charge is 0.496 e. The molecule has 1 atom stereocenters. The van der Waals surface area contributed by atoms with Gasteiger partial charge in [0.25, 0.3) is 6.02 Å². The lowest BCUT2D eigenvalue weighted by atomic mass is 9.78. The van der Waals surface area contributed by atoms with Crippen LogP contribution < -0.4 is 10.5 Å². The van der Waals surface area contributed by atoms with Gasteiger partial charge in [0.15, 0.2) is 0 Å². The Morgan fingerprint density at radius 1 is 1.26 bits per heavy atom. The third-order valence-electron chi connectivity index (χ3n) is 4.75. The van der Waals surface area contributed by atoms with Gasteiger partial charge in [0.2, 0.25) is 0 Å². The molecule has 1 aromatic carbocycles. The van der Waals surface area contributed by atoms with Crippen LogP contribution in [-0.2, 0) is 17.6 Å². The molecule has 1 spiro atoms. The summed E-state index contributed by atoms with van der Waals surface area (Å²) in [6.45, 7) is 0.652. The Kier molecular flexibility index (Phi) is 3.22. The Morgan fingerprint density at radius 2 is 2.17 bits per heavy atom. The third-order valence-corrected chi connectivity index (χ3v) is 4.75. The normalized spacial score (nSPS) is 22.4. The minimum absolute atomic E-state index is 0.255. The van der Waals surface area contributed by atoms with Crippen molar-refractivity contribution in [3.63, 3.8) is 0 Å². The second-order valence-corrected chi connectivity index (χ2v) is 6.14. The van der Waals surface area contributed by atoms with Crippen molar-refractivity contribution in [2.24, 2.45) is 10.7 Å². The lowest BCUT2D eigenvalue weighted by Gasteiger charge is -2.34. The Bertz CT molecular complexity index is 788. The molecule has 5 heteroatoms. The molecule has 2 N–H and O–H groups in total. The summed E-state index contributed by atoms with van der Waals surface area (Å²) in [6, 6.07) is 8.60. The van der Waals surface area contributed by atoms with Gasteiger partial charge < -0.3 is 15.2 Å². The lowest BCUT2D eigenvalue weighted by Crippen LogP contribution is -2.40. The summed E-state index contributed by atoms with van der Waals surface area (Å²) in [5.41, 5.74) is 10.3. The summed E-state index contributed by atoms with van der Waals surface area (Å²) < 4.78 is 11.3. The van der Waals surface area contributed by atoms with Crippen LogP contribution in [0.4, 0.5) is 0 Å². The first kappa shape index (κ1) is 14.1. The highest BCUT2D eigenvalue weighted by atomic mass is 16.5. The van der Waals surface area contributed by atoms with Crippen LogP contribution in [0.25, 0.3) is 11.1 Å². The molecule has 5 nitrogen and oxygen atoms in total. The van der Waals surface area contributed by atoms with Gasteiger partial charge in [0, 0.05) is 24.4 Å². The molecule has 4 rings (SSSR count). The monoisotopic (exact) mass is 309 g/mol. The number of benzene rings is 1. The average Bonchev–Trinajstić information content (AvgIpc) is 2.94. The topological polar surface area (TPSA) is 69.7 Å². The van der Waals surface area contributed by atoms with Crippen molar-refractivity contribution in [2.75, 3.05) is 13.7 Å². The minimum atomic E-state index is -0.255. The fraction of sp³-hybridized carbons (Fsp3) is 0.333. The number of rotatable bonds is 2. The van der Waals surface area contributed by atoms with E-state index in [2.05, 4.69) is 28.2 Å². The van der Waals surface area contributed by atoms with Gasteiger partial charge in [-0.3, -0.25) is 4.98 Å². The molecule has 1 aliphatic carbocycles. The highest BCUT2D eigenvalue weighted by Gasteiger charge is 2.41. The van der Waals surface area contributed by atoms with E-state index in [-0.39, 0.29) is 5.60 Å². The maximum atomic E-state index is 5.83. The molecule has 0 saturated carbocycles. The van der Waals surface area contributed by atoms with Gasteiger partial charge in [0.05, 0.1) is 13.7 Å². The fourth-order valence-corrected chi connectivity index (χ4v) is 3.63. The minimum Gasteiger partial charge on any atom is -0.496 e. The molecule has 1 aromatic heterocycles. The zero-order valence-electron chi connectivity index (χ0n) is 13.1. The van der Waals surface area contributed by atoms with Gasteiger partial charge in [-0.25, -0.2) is 4.99 Å². The summed E-state index contributed by atoms with van der Waals surface area (Å²) in [5, 5.41) is 0. The zero-order valence-corrected chi connectivity index (χ0v) is 13.1. The summed E-state index contributed by atoms with van der Waals surface area (Å²) >= 11 is 0. The van der Waals surface area contributed by atoms with Crippen molar-refractivity contribution in [2.45, 2.75) is 24.9 Å². The molecule has 2 aliphatic rings. The van der Waals surface area contributed by atoms with Crippen LogP contribution in [0, 0.1) is 0 Å². The number of nitrogens with zero attached hydrogens (tertiary/aromatic N) is 2. The van der Waals surface area contributed by atoms with E-state index >= 15 is 0 Å². The smallest absolute Gasteiger partial charge is 0.282 e. The van der Waals surface area contributed by atoms with E-state index in [0.717, 1.165) is 30.6 Å². The number of hydrogen-bond acceptors (Lipinski definition) is 5. The fourth-order valence-electron chi connectivity index (χ4n) is 3.63. The van der Waals surface area contributed by atoms with E-state index < -0.39 is 0 Å². The Morgan fingerprint density at radius 3 is 2.96 bits per heavy atom. The molecule has 2 aromatic rings. The summed E-state index contributed by atoms with van der Waals surface area (Å²) in [7, 11) is 1.69. The van der Waals surface area contributed by atoms with Crippen molar-refractivity contribution < 1.29 is 9.47 Å². The highest BCUT2D eigenvalue weighted by molar-refractivity contribution is 5.75. The maximum absolute atomic E-state index is 5.83. The SMILES string of the molecule is COc1ccncc1-c1cccc2c1CCC1(CN=C(N)O1)C2. The molecule has 2 heterocycles. The summed E-state index contributed by atoms with van der Waals surface area (Å²) in [4.78, 5) is 8.50. The molecule has 1 aliphatic heterocycles. The number of aliphatic imine (C=N–C) groups is 1. The van der Waals surface area contributed by atoms with E-state index in [1.807, 2.05) is 12.3 Å². The zero-order chi connectivity index (χ0) is 15.9. The third kappa shape index (κ3) is 2.32. The molecule has 0 bridgehead atoms. The molecule has 0 radical (unpaired) electrons. The van der Waals surface area contributed by atoms with Crippen LogP contribution in [0.2, 0.25) is 0 Å². The first-order chi connectivity index (χ1) is 11.2. The second-order valence-electron chi connectivity index (χ2n) is 6.14. The van der Waals surface area contributed by atoms with Crippen molar-refractivity contribution >= 4 is 6.02 Å². The number of methoxy groups -OCH3 is 1. The van der Waals surface area contributed by atoms with Gasteiger partial charge in [-0.15, -0.1) is 0 Å². The van der Waals surface area contributed by atoms with Crippen LogP contribution in [-0.4, -0.2) is 30.3 Å². The molecule has 0 saturated heterocycles. The number of aromatic nitrogens is 1. The standard InChI is InChI=1S/C18H19N3O2/c1-22-16-6-8-20-10-15(16)14-4-2-3-12-9-18(7-5-13(12)14)11-21-17(19)23-18/h2-4,6,8,10H,5,7,9,11H2,1H3,(H2,19,21). The molecule has 0 amide bonds. The van der Waals surface area contributed by atoms with Crippen molar-refractivity contribution in [1.82, 2.24) is 4.98 Å². The van der Waals surface area contributed by atoms with Crippen LogP contribution >= 0.6 is 0 Å². The number of fused-ring (bicyclic) bond motifs is 1. The van der Waals surface area contributed by atoms with Gasteiger partial charge in [-0.1, -0.05) is 18.2 Å². The van der Waals surface area contributed by atoms with Crippen molar-refractivity contribution in [3.8, 4) is 16.9 Å². The number of hydrogen-bond donors (Lipinski definition) is 1. The van der Waals surface area contributed by atoms with Gasteiger partial charge >= 0.3 is 0 Å². The maximum Gasteiger partial charge on any atom is 0.282 e. The molecular formula is C18H19N3O2. The summed E-state index contributed by atoms with van der Waals surface area (Å²) in [6.07, 6.45) is 6.31. The Balaban J connectivity index is 1.75. The number of amidine groups is 1. The Hall–Kier alpha value is -2.56. The molecule has 118 valence electrons. The molecule has 1 unspecified atom stereocenters. The van der Waals surface area contributed by atoms with Gasteiger partial charge in [-0.05, 0) is 35.6 Å². The van der Waals surface area contributed by atoms with Crippen molar-refractivity contribution in [3.05, 3.63) is 47.8 Å². The number of ether oxygens (including phenoxy) is 2. The quantitative estimate of drug-likeness (QED) is 0.924. The van der Waals surface area contributed by atoms with E-state index in [1.54, 1.807) is 13.3 Å². The molecular weight excluding hydrogens is 290 g/mol. The molecule has 23 heavy (non-hydrogen) atoms. The van der Waals surface area contributed by atoms with E-state index in [9.17, 15) is 0 Å². The summed E-state index contributed by atoms with van der Waals surface area (Å²) in [5.74, 6) is 0.846. The predicted molar refractivity (Wildman–Crippen MR) is 88.6 cm³/mol. The number of nitrogens with two attached hydrogens (primary N) is 1. The van der Waals surface area contributed by atoms with E-state index in [4.69, 9.17) is 15.2 Å². The van der Waals surface area contributed by atoms with Crippen LogP contribution in [0.5, 0.6) is 5.75 Å². The van der Waals surface area contributed by atoms with Crippen LogP contribution in [0.15, 0.2) is 41.7 Å². The van der Waals surface area contributed by atoms with E-state index in [1.165, 1.54) is 16.7 Å². The Labute approximate surface area is 135 Å². The van der Waals surface area contributed by atoms with E-state index in [0.29, 0.717) is 12.6 Å². The number of pyridine rings is 1. The molecule has 0 fully saturated rings. The first-order valence-electron chi connectivity index (χ1n) is 7.79. The highest BCUT2D eigenvalue weighted by Crippen LogP contribution is 2.40. The average molecular weight is 309 g/mol. The second kappa shape index (κ2) is 5.26. The lowest BCUT2D eigenvalue weighted by molar-refractivity contribution is 0.0704. The van der Waals surface area contributed by atoms with Gasteiger partial charge in [0.1, 0.15) is 11.4 Å². The van der Waals surface area contributed by atoms with Crippen LogP contribution in [0.1, 0.15) is 17.5 Å². The van der Waals surface area contributed by atoms with Crippen molar-refractivity contribution in [1.29, 1.82) is 0 Å². The van der Waals surface area contributed by atoms with Crippen LogP contribution in [0.3, 0.4) is 0 Å². The first-order valence-corrected chi connectivity index (χ1v) is 7.79. The van der Waals surface area contributed by atoms with Gasteiger partial charge in [-0.2, -0.15) is 0 Å². The predicted octanol–water partition coefficient (Wildman–Crippen LogP) is 2.33.